The van der Waals surface area contributed by atoms with Gasteiger partial charge in [-0.3, -0.25) is 9.59 Å². The quantitative estimate of drug-likeness (QED) is 0.891. The summed E-state index contributed by atoms with van der Waals surface area (Å²) in [5.41, 5.74) is 0.409. The Morgan fingerprint density at radius 3 is 2.62 bits per heavy atom. The van der Waals surface area contributed by atoms with Crippen LogP contribution in [0.3, 0.4) is 0 Å². The molecule has 2 heterocycles. The van der Waals surface area contributed by atoms with Gasteiger partial charge in [-0.05, 0) is 25.8 Å². The second-order valence-electron chi connectivity index (χ2n) is 6.05. The third-order valence-electron chi connectivity index (χ3n) is 4.37. The van der Waals surface area contributed by atoms with Gasteiger partial charge in [0.25, 0.3) is 0 Å². The molecule has 0 spiro atoms. The molecule has 5 nitrogen and oxygen atoms in total. The van der Waals surface area contributed by atoms with Crippen LogP contribution in [0.4, 0.5) is 0 Å². The molecule has 21 heavy (non-hydrogen) atoms. The van der Waals surface area contributed by atoms with Crippen molar-refractivity contribution in [2.75, 3.05) is 13.2 Å². The van der Waals surface area contributed by atoms with E-state index in [-0.39, 0.29) is 11.8 Å². The summed E-state index contributed by atoms with van der Waals surface area (Å²) >= 11 is 0. The van der Waals surface area contributed by atoms with Crippen molar-refractivity contribution in [2.45, 2.75) is 37.9 Å². The highest BCUT2D eigenvalue weighted by molar-refractivity contribution is 5.97. The lowest BCUT2D eigenvalue weighted by molar-refractivity contribution is -0.156. The molecule has 112 valence electrons. The molecule has 3 rings (SSSR count). The number of ether oxygens (including phenoxy) is 1. The average molecular weight is 288 g/mol. The maximum Gasteiger partial charge on any atom is 0.248 e. The fourth-order valence-corrected chi connectivity index (χ4v) is 3.17. The minimum absolute atomic E-state index is 0.0450. The van der Waals surface area contributed by atoms with Crippen molar-refractivity contribution < 1.29 is 14.3 Å². The lowest BCUT2D eigenvalue weighted by atomic mass is 9.90. The lowest BCUT2D eigenvalue weighted by Crippen LogP contribution is -2.65. The van der Waals surface area contributed by atoms with E-state index < -0.39 is 17.6 Å². The molecular weight excluding hydrogens is 268 g/mol. The molecule has 0 aliphatic carbocycles. The molecule has 0 radical (unpaired) electrons. The molecule has 2 fully saturated rings. The predicted molar refractivity (Wildman–Crippen MR) is 77.5 cm³/mol. The van der Waals surface area contributed by atoms with Gasteiger partial charge >= 0.3 is 0 Å². The fraction of sp³-hybridized carbons (Fsp3) is 0.500. The van der Waals surface area contributed by atoms with Crippen molar-refractivity contribution in [2.24, 2.45) is 0 Å². The standard InChI is InChI=1S/C16H20N2O3/c1-11-15(20)18(16(2)8-9-21-10-16)13(14(19)17-11)12-6-4-3-5-7-12/h3-7,11,13H,8-10H2,1-2H3,(H,17,19). The van der Waals surface area contributed by atoms with Crippen molar-refractivity contribution in [1.29, 1.82) is 0 Å². The van der Waals surface area contributed by atoms with E-state index in [1.54, 1.807) is 11.8 Å². The van der Waals surface area contributed by atoms with Crippen LogP contribution in [0.1, 0.15) is 31.9 Å². The number of amides is 2. The summed E-state index contributed by atoms with van der Waals surface area (Å²) in [6, 6.07) is 8.38. The second-order valence-corrected chi connectivity index (χ2v) is 6.05. The average Bonchev–Trinajstić information content (AvgIpc) is 2.91. The smallest absolute Gasteiger partial charge is 0.248 e. The number of hydrogen-bond acceptors (Lipinski definition) is 3. The Morgan fingerprint density at radius 2 is 2.00 bits per heavy atom. The summed E-state index contributed by atoms with van der Waals surface area (Å²) in [5.74, 6) is -0.169. The van der Waals surface area contributed by atoms with E-state index >= 15 is 0 Å². The summed E-state index contributed by atoms with van der Waals surface area (Å²) < 4.78 is 5.49. The van der Waals surface area contributed by atoms with Crippen molar-refractivity contribution in [3.8, 4) is 0 Å². The zero-order chi connectivity index (χ0) is 15.0. The van der Waals surface area contributed by atoms with Crippen LogP contribution >= 0.6 is 0 Å². The van der Waals surface area contributed by atoms with Gasteiger partial charge in [-0.15, -0.1) is 0 Å². The molecule has 1 N–H and O–H groups in total. The number of benzene rings is 1. The Labute approximate surface area is 124 Å². The largest absolute Gasteiger partial charge is 0.379 e. The first kappa shape index (κ1) is 14.1. The molecule has 3 atom stereocenters. The van der Waals surface area contributed by atoms with E-state index in [0.717, 1.165) is 12.0 Å². The monoisotopic (exact) mass is 288 g/mol. The van der Waals surface area contributed by atoms with Gasteiger partial charge in [0, 0.05) is 6.61 Å². The van der Waals surface area contributed by atoms with Gasteiger partial charge in [-0.25, -0.2) is 0 Å². The summed E-state index contributed by atoms with van der Waals surface area (Å²) in [6.45, 7) is 4.83. The molecule has 0 saturated carbocycles. The van der Waals surface area contributed by atoms with Crippen LogP contribution in [0.2, 0.25) is 0 Å². The molecule has 2 saturated heterocycles. The number of piperazine rings is 1. The van der Waals surface area contributed by atoms with Gasteiger partial charge in [-0.2, -0.15) is 0 Å². The van der Waals surface area contributed by atoms with E-state index in [1.807, 2.05) is 37.3 Å². The van der Waals surface area contributed by atoms with Crippen LogP contribution < -0.4 is 5.32 Å². The van der Waals surface area contributed by atoms with Crippen molar-refractivity contribution >= 4 is 11.8 Å². The number of nitrogens with zero attached hydrogens (tertiary/aromatic N) is 1. The summed E-state index contributed by atoms with van der Waals surface area (Å²) in [7, 11) is 0. The van der Waals surface area contributed by atoms with Crippen molar-refractivity contribution in [1.82, 2.24) is 10.2 Å². The normalized spacial score (nSPS) is 33.1. The van der Waals surface area contributed by atoms with Crippen LogP contribution in [0.15, 0.2) is 30.3 Å². The van der Waals surface area contributed by atoms with Crippen LogP contribution in [0.25, 0.3) is 0 Å². The van der Waals surface area contributed by atoms with E-state index in [1.165, 1.54) is 0 Å². The maximum absolute atomic E-state index is 12.7. The Morgan fingerprint density at radius 1 is 1.29 bits per heavy atom. The predicted octanol–water partition coefficient (Wildman–Crippen LogP) is 1.25. The van der Waals surface area contributed by atoms with E-state index in [2.05, 4.69) is 5.32 Å². The number of carbonyl (C=O) groups excluding carboxylic acids is 2. The molecule has 2 amide bonds. The fourth-order valence-electron chi connectivity index (χ4n) is 3.17. The first-order valence-corrected chi connectivity index (χ1v) is 7.29. The Bertz CT molecular complexity index is 552. The first-order valence-electron chi connectivity index (χ1n) is 7.29. The van der Waals surface area contributed by atoms with E-state index in [4.69, 9.17) is 4.74 Å². The molecular formula is C16H20N2O3. The minimum Gasteiger partial charge on any atom is -0.379 e. The van der Waals surface area contributed by atoms with Gasteiger partial charge in [0.2, 0.25) is 11.8 Å². The highest BCUT2D eigenvalue weighted by Gasteiger charge is 2.49. The van der Waals surface area contributed by atoms with Gasteiger partial charge in [-0.1, -0.05) is 30.3 Å². The number of rotatable bonds is 2. The lowest BCUT2D eigenvalue weighted by Gasteiger charge is -2.46. The third-order valence-corrected chi connectivity index (χ3v) is 4.37. The second kappa shape index (κ2) is 5.15. The SMILES string of the molecule is CC1NC(=O)C(c2ccccc2)N(C2(C)CCOC2)C1=O. The molecule has 1 aromatic rings. The Kier molecular flexibility index (Phi) is 3.45. The van der Waals surface area contributed by atoms with Gasteiger partial charge in [0.1, 0.15) is 12.1 Å². The van der Waals surface area contributed by atoms with Crippen molar-refractivity contribution in [3.05, 3.63) is 35.9 Å². The van der Waals surface area contributed by atoms with Crippen LogP contribution in [-0.4, -0.2) is 41.5 Å². The van der Waals surface area contributed by atoms with Gasteiger partial charge < -0.3 is 15.0 Å². The zero-order valence-electron chi connectivity index (χ0n) is 12.3. The number of carbonyl (C=O) groups is 2. The molecule has 2 aliphatic heterocycles. The highest BCUT2D eigenvalue weighted by Crippen LogP contribution is 2.36. The van der Waals surface area contributed by atoms with E-state index in [9.17, 15) is 9.59 Å². The summed E-state index contributed by atoms with van der Waals surface area (Å²) in [4.78, 5) is 27.0. The van der Waals surface area contributed by atoms with Crippen LogP contribution in [0, 0.1) is 0 Å². The van der Waals surface area contributed by atoms with E-state index in [0.29, 0.717) is 13.2 Å². The van der Waals surface area contributed by atoms with Crippen LogP contribution in [0.5, 0.6) is 0 Å². The Hall–Kier alpha value is -1.88. The highest BCUT2D eigenvalue weighted by atomic mass is 16.5. The Balaban J connectivity index is 2.05. The van der Waals surface area contributed by atoms with Gasteiger partial charge in [0.15, 0.2) is 0 Å². The molecule has 2 aliphatic rings. The number of nitrogens with one attached hydrogen (secondary N) is 1. The molecule has 1 aromatic carbocycles. The van der Waals surface area contributed by atoms with Gasteiger partial charge in [0.05, 0.1) is 12.1 Å². The third kappa shape index (κ3) is 2.31. The minimum atomic E-state index is -0.582. The number of hydrogen-bond donors (Lipinski definition) is 1. The molecule has 3 unspecified atom stereocenters. The summed E-state index contributed by atoms with van der Waals surface area (Å²) in [6.07, 6.45) is 0.752. The van der Waals surface area contributed by atoms with Crippen molar-refractivity contribution in [3.63, 3.8) is 0 Å². The topological polar surface area (TPSA) is 58.6 Å². The molecule has 0 aromatic heterocycles. The first-order chi connectivity index (χ1) is 10.0. The maximum atomic E-state index is 12.7. The zero-order valence-corrected chi connectivity index (χ0v) is 12.3. The molecule has 5 heteroatoms. The summed E-state index contributed by atoms with van der Waals surface area (Å²) in [5, 5.41) is 2.78. The molecule has 0 bridgehead atoms. The van der Waals surface area contributed by atoms with Crippen LogP contribution in [-0.2, 0) is 14.3 Å².